The number of nitrogens with zero attached hydrogens (tertiary/aromatic N) is 3. The van der Waals surface area contributed by atoms with Crippen LogP contribution in [0.3, 0.4) is 0 Å². The molecule has 3 heterocycles. The molecule has 142 valence electrons. The molecule has 1 aromatic heterocycles. The second-order valence-electron chi connectivity index (χ2n) is 7.37. The molecule has 26 heavy (non-hydrogen) atoms. The first-order chi connectivity index (χ1) is 12.5. The molecule has 7 heteroatoms. The van der Waals surface area contributed by atoms with Gasteiger partial charge >= 0.3 is 5.97 Å². The van der Waals surface area contributed by atoms with Crippen LogP contribution in [0.4, 0.5) is 5.82 Å². The molecular formula is C19H27N3O4. The summed E-state index contributed by atoms with van der Waals surface area (Å²) in [5.41, 5.74) is 0.264. The molecule has 1 aromatic rings. The number of piperidine rings is 2. The number of hydrogen-bond donors (Lipinski definition) is 1. The summed E-state index contributed by atoms with van der Waals surface area (Å²) in [4.78, 5) is 32.2. The Bertz CT molecular complexity index is 666. The van der Waals surface area contributed by atoms with Gasteiger partial charge in [-0.1, -0.05) is 0 Å². The zero-order chi connectivity index (χ0) is 18.6. The Balaban J connectivity index is 1.75. The Morgan fingerprint density at radius 1 is 1.38 bits per heavy atom. The number of ether oxygens (including phenoxy) is 1. The van der Waals surface area contributed by atoms with Crippen LogP contribution < -0.4 is 4.90 Å². The van der Waals surface area contributed by atoms with Gasteiger partial charge in [-0.2, -0.15) is 0 Å². The summed E-state index contributed by atoms with van der Waals surface area (Å²) in [6, 6.07) is 3.26. The van der Waals surface area contributed by atoms with Crippen molar-refractivity contribution in [3.63, 3.8) is 0 Å². The number of carbonyl (C=O) groups is 2. The molecule has 0 bridgehead atoms. The molecule has 2 saturated heterocycles. The maximum Gasteiger partial charge on any atom is 0.339 e. The molecular weight excluding hydrogens is 334 g/mol. The summed E-state index contributed by atoms with van der Waals surface area (Å²) in [5, 5.41) is 9.46. The van der Waals surface area contributed by atoms with E-state index >= 15 is 0 Å². The first-order valence-electron chi connectivity index (χ1n) is 9.25. The molecule has 0 aliphatic carbocycles. The highest BCUT2D eigenvalue weighted by atomic mass is 16.5. The van der Waals surface area contributed by atoms with Crippen molar-refractivity contribution >= 4 is 17.7 Å². The average molecular weight is 361 g/mol. The standard InChI is InChI=1S/C19H27N3O4/c1-26-12-4-11-21-13-19(8-6-16(21)23)7-3-10-22(14-19)17-15(18(24)25)5-2-9-20-17/h2,5,9H,3-4,6-8,10-14H2,1H3,(H,24,25)/t19-/m1/s1. The van der Waals surface area contributed by atoms with E-state index < -0.39 is 5.97 Å². The van der Waals surface area contributed by atoms with Gasteiger partial charge in [0.1, 0.15) is 11.4 Å². The number of carbonyl (C=O) groups excluding carboxylic acids is 1. The zero-order valence-electron chi connectivity index (χ0n) is 15.3. The van der Waals surface area contributed by atoms with Gasteiger partial charge in [0.2, 0.25) is 5.91 Å². The van der Waals surface area contributed by atoms with Crippen molar-refractivity contribution in [3.8, 4) is 0 Å². The fraction of sp³-hybridized carbons (Fsp3) is 0.632. The van der Waals surface area contributed by atoms with Gasteiger partial charge in [0.25, 0.3) is 0 Å². The fourth-order valence-electron chi connectivity index (χ4n) is 4.24. The van der Waals surface area contributed by atoms with Gasteiger partial charge < -0.3 is 19.6 Å². The lowest BCUT2D eigenvalue weighted by atomic mass is 9.73. The Morgan fingerprint density at radius 2 is 2.23 bits per heavy atom. The van der Waals surface area contributed by atoms with E-state index in [4.69, 9.17) is 4.74 Å². The summed E-state index contributed by atoms with van der Waals surface area (Å²) >= 11 is 0. The number of pyridine rings is 1. The number of hydrogen-bond acceptors (Lipinski definition) is 5. The smallest absolute Gasteiger partial charge is 0.339 e. The summed E-state index contributed by atoms with van der Waals surface area (Å²) in [5.74, 6) is -0.192. The number of likely N-dealkylation sites (tertiary alicyclic amines) is 1. The molecule has 0 radical (unpaired) electrons. The molecule has 2 aliphatic rings. The van der Waals surface area contributed by atoms with Crippen LogP contribution in [0.5, 0.6) is 0 Å². The quantitative estimate of drug-likeness (QED) is 0.781. The highest BCUT2D eigenvalue weighted by Crippen LogP contribution is 2.40. The molecule has 2 aliphatic heterocycles. The van der Waals surface area contributed by atoms with Crippen molar-refractivity contribution in [1.29, 1.82) is 0 Å². The average Bonchev–Trinajstić information content (AvgIpc) is 2.65. The van der Waals surface area contributed by atoms with Crippen molar-refractivity contribution < 1.29 is 19.4 Å². The maximum atomic E-state index is 12.3. The van der Waals surface area contributed by atoms with Crippen molar-refractivity contribution in [2.45, 2.75) is 32.1 Å². The van der Waals surface area contributed by atoms with Crippen LogP contribution in [0.2, 0.25) is 0 Å². The van der Waals surface area contributed by atoms with E-state index in [9.17, 15) is 14.7 Å². The zero-order valence-corrected chi connectivity index (χ0v) is 15.3. The SMILES string of the molecule is COCCCN1C[C@@]2(CCCN(c3ncccc3C(=O)O)C2)CCC1=O. The van der Waals surface area contributed by atoms with Crippen LogP contribution in [0.1, 0.15) is 42.5 Å². The van der Waals surface area contributed by atoms with E-state index in [2.05, 4.69) is 9.88 Å². The molecule has 2 fully saturated rings. The molecule has 3 rings (SSSR count). The third-order valence-electron chi connectivity index (χ3n) is 5.50. The highest BCUT2D eigenvalue weighted by molar-refractivity contribution is 5.93. The lowest BCUT2D eigenvalue weighted by Crippen LogP contribution is -2.54. The Kier molecular flexibility index (Phi) is 5.76. The molecule has 0 unspecified atom stereocenters. The number of aromatic carboxylic acids is 1. The number of rotatable bonds is 6. The molecule has 1 amide bonds. The van der Waals surface area contributed by atoms with Gasteiger partial charge in [0, 0.05) is 57.9 Å². The van der Waals surface area contributed by atoms with Gasteiger partial charge in [-0.15, -0.1) is 0 Å². The van der Waals surface area contributed by atoms with Gasteiger partial charge in [-0.25, -0.2) is 9.78 Å². The minimum atomic E-state index is -0.951. The molecule has 1 spiro atoms. The lowest BCUT2D eigenvalue weighted by molar-refractivity contribution is -0.138. The monoisotopic (exact) mass is 361 g/mol. The maximum absolute atomic E-state index is 12.3. The summed E-state index contributed by atoms with van der Waals surface area (Å²) in [7, 11) is 1.67. The van der Waals surface area contributed by atoms with Gasteiger partial charge in [-0.3, -0.25) is 4.79 Å². The lowest BCUT2D eigenvalue weighted by Gasteiger charge is -2.48. The van der Waals surface area contributed by atoms with Gasteiger partial charge in [0.15, 0.2) is 0 Å². The minimum absolute atomic E-state index is 0.0204. The van der Waals surface area contributed by atoms with Gasteiger partial charge in [0.05, 0.1) is 0 Å². The van der Waals surface area contributed by atoms with E-state index in [0.717, 1.165) is 51.9 Å². The molecule has 0 aromatic carbocycles. The summed E-state index contributed by atoms with van der Waals surface area (Å²) < 4.78 is 5.11. The van der Waals surface area contributed by atoms with Crippen LogP contribution in [-0.2, 0) is 9.53 Å². The largest absolute Gasteiger partial charge is 0.478 e. The first kappa shape index (κ1) is 18.6. The number of aromatic nitrogens is 1. The highest BCUT2D eigenvalue weighted by Gasteiger charge is 2.42. The Labute approximate surface area is 153 Å². The number of carboxylic acids is 1. The minimum Gasteiger partial charge on any atom is -0.478 e. The topological polar surface area (TPSA) is 83.0 Å². The second-order valence-corrected chi connectivity index (χ2v) is 7.37. The first-order valence-corrected chi connectivity index (χ1v) is 9.25. The van der Waals surface area contributed by atoms with Gasteiger partial charge in [-0.05, 0) is 37.8 Å². The van der Waals surface area contributed by atoms with Crippen LogP contribution in [0, 0.1) is 5.41 Å². The van der Waals surface area contributed by atoms with Crippen molar-refractivity contribution in [2.24, 2.45) is 5.41 Å². The van der Waals surface area contributed by atoms with Crippen molar-refractivity contribution in [3.05, 3.63) is 23.9 Å². The Morgan fingerprint density at radius 3 is 3.00 bits per heavy atom. The van der Waals surface area contributed by atoms with Crippen LogP contribution in [-0.4, -0.2) is 66.8 Å². The normalized spacial score (nSPS) is 23.5. The van der Waals surface area contributed by atoms with E-state index in [1.807, 2.05) is 4.90 Å². The van der Waals surface area contributed by atoms with E-state index in [1.54, 1.807) is 25.4 Å². The van der Waals surface area contributed by atoms with Crippen LogP contribution in [0.25, 0.3) is 0 Å². The van der Waals surface area contributed by atoms with E-state index in [0.29, 0.717) is 18.8 Å². The second kappa shape index (κ2) is 8.03. The predicted octanol–water partition coefficient (Wildman–Crippen LogP) is 2.03. The van der Waals surface area contributed by atoms with E-state index in [1.165, 1.54) is 0 Å². The number of anilines is 1. The summed E-state index contributed by atoms with van der Waals surface area (Å²) in [6.07, 6.45) is 5.95. The predicted molar refractivity (Wildman–Crippen MR) is 97.4 cm³/mol. The molecule has 1 atom stereocenters. The summed E-state index contributed by atoms with van der Waals surface area (Å²) in [6.45, 7) is 3.66. The van der Waals surface area contributed by atoms with Crippen molar-refractivity contribution in [1.82, 2.24) is 9.88 Å². The third-order valence-corrected chi connectivity index (χ3v) is 5.50. The fourth-order valence-corrected chi connectivity index (χ4v) is 4.24. The van der Waals surface area contributed by atoms with Crippen LogP contribution in [0.15, 0.2) is 18.3 Å². The molecule has 0 saturated carbocycles. The molecule has 1 N–H and O–H groups in total. The number of amides is 1. The van der Waals surface area contributed by atoms with Crippen LogP contribution >= 0.6 is 0 Å². The Hall–Kier alpha value is -2.15. The molecule has 7 nitrogen and oxygen atoms in total. The third kappa shape index (κ3) is 3.98. The van der Waals surface area contributed by atoms with Crippen molar-refractivity contribution in [2.75, 3.05) is 44.8 Å². The van der Waals surface area contributed by atoms with E-state index in [-0.39, 0.29) is 16.9 Å². The number of methoxy groups -OCH3 is 1. The number of carboxylic acid groups (broad SMARTS) is 1.